The number of hydrogen-bond acceptors (Lipinski definition) is 2. The Morgan fingerprint density at radius 1 is 0.722 bits per heavy atom. The van der Waals surface area contributed by atoms with Gasteiger partial charge in [-0.15, -0.1) is 0 Å². The van der Waals surface area contributed by atoms with E-state index in [1.54, 1.807) is 12.1 Å². The first kappa shape index (κ1) is 10.7. The molecule has 0 N–H and O–H groups in total. The maximum atomic E-state index is 12.1. The zero-order valence-corrected chi connectivity index (χ0v) is 9.61. The highest BCUT2D eigenvalue weighted by Gasteiger charge is 2.48. The van der Waals surface area contributed by atoms with Gasteiger partial charge >= 0.3 is 0 Å². The maximum absolute atomic E-state index is 12.1. The molecule has 1 heterocycles. The lowest BCUT2D eigenvalue weighted by atomic mass is 9.89. The number of imide groups is 1. The molecule has 0 spiro atoms. The van der Waals surface area contributed by atoms with E-state index in [4.69, 9.17) is 0 Å². The normalized spacial score (nSPS) is 15.7. The number of nitrogens with zero attached hydrogens (tertiary/aromatic N) is 1. The Kier molecular flexibility index (Phi) is 2.45. The minimum absolute atomic E-state index is 0.155. The summed E-state index contributed by atoms with van der Waals surface area (Å²) in [7, 11) is 0. The molecule has 1 aliphatic rings. The summed E-state index contributed by atoms with van der Waals surface area (Å²) in [4.78, 5) is 25.4. The number of rotatable bonds is 2. The minimum Gasteiger partial charge on any atom is -0.273 e. The summed E-state index contributed by atoms with van der Waals surface area (Å²) in [5, 5.41) is 0. The zero-order valence-electron chi connectivity index (χ0n) is 9.61. The molecule has 0 bridgehead atoms. The van der Waals surface area contributed by atoms with E-state index >= 15 is 0 Å². The summed E-state index contributed by atoms with van der Waals surface area (Å²) >= 11 is 0. The number of anilines is 1. The predicted molar refractivity (Wildman–Crippen MR) is 68.1 cm³/mol. The van der Waals surface area contributed by atoms with Crippen molar-refractivity contribution in [3.63, 3.8) is 0 Å². The molecule has 2 aromatic carbocycles. The third-order valence-electron chi connectivity index (χ3n) is 3.08. The smallest absolute Gasteiger partial charge is 0.250 e. The van der Waals surface area contributed by atoms with E-state index in [2.05, 4.69) is 0 Å². The second-order valence-corrected chi connectivity index (χ2v) is 4.19. The van der Waals surface area contributed by atoms with Crippen LogP contribution < -0.4 is 4.90 Å². The zero-order chi connectivity index (χ0) is 12.5. The molecule has 1 aliphatic heterocycles. The van der Waals surface area contributed by atoms with Gasteiger partial charge in [-0.2, -0.15) is 0 Å². The molecule has 2 amide bonds. The quantitative estimate of drug-likeness (QED) is 0.594. The fourth-order valence-electron chi connectivity index (χ4n) is 2.17. The van der Waals surface area contributed by atoms with E-state index in [0.717, 1.165) is 5.56 Å². The van der Waals surface area contributed by atoms with Crippen LogP contribution in [0.4, 0.5) is 5.69 Å². The summed E-state index contributed by atoms with van der Waals surface area (Å²) in [6, 6.07) is 18.2. The molecule has 2 aromatic rings. The van der Waals surface area contributed by atoms with Crippen LogP contribution in [0.15, 0.2) is 60.7 Å². The molecule has 3 heteroatoms. The molecule has 1 saturated heterocycles. The van der Waals surface area contributed by atoms with Gasteiger partial charge in [0, 0.05) is 0 Å². The summed E-state index contributed by atoms with van der Waals surface area (Å²) in [6.45, 7) is 0. The Bertz CT molecular complexity index is 525. The number of carbonyl (C=O) groups is 2. The van der Waals surface area contributed by atoms with Crippen molar-refractivity contribution in [2.24, 2.45) is 0 Å². The molecule has 88 valence electrons. The van der Waals surface area contributed by atoms with E-state index in [-0.39, 0.29) is 11.8 Å². The van der Waals surface area contributed by atoms with Crippen molar-refractivity contribution in [3.8, 4) is 0 Å². The second-order valence-electron chi connectivity index (χ2n) is 4.19. The van der Waals surface area contributed by atoms with E-state index in [1.807, 2.05) is 48.5 Å². The van der Waals surface area contributed by atoms with Crippen molar-refractivity contribution in [2.45, 2.75) is 5.92 Å². The van der Waals surface area contributed by atoms with Crippen LogP contribution in [0.5, 0.6) is 0 Å². The van der Waals surface area contributed by atoms with Crippen molar-refractivity contribution in [2.75, 3.05) is 4.90 Å². The molecule has 0 aromatic heterocycles. The SMILES string of the molecule is O=C1C(c2ccccc2)C(=O)N1c1ccccc1. The van der Waals surface area contributed by atoms with Gasteiger partial charge in [0.15, 0.2) is 0 Å². The van der Waals surface area contributed by atoms with Crippen LogP contribution in [0, 0.1) is 0 Å². The minimum atomic E-state index is -0.633. The third-order valence-corrected chi connectivity index (χ3v) is 3.08. The van der Waals surface area contributed by atoms with Crippen LogP contribution in [-0.2, 0) is 9.59 Å². The highest BCUT2D eigenvalue weighted by molar-refractivity contribution is 6.36. The van der Waals surface area contributed by atoms with Crippen LogP contribution in [0.3, 0.4) is 0 Å². The number of benzene rings is 2. The van der Waals surface area contributed by atoms with Gasteiger partial charge in [-0.1, -0.05) is 48.5 Å². The average molecular weight is 237 g/mol. The average Bonchev–Trinajstić information content (AvgIpc) is 2.41. The van der Waals surface area contributed by atoms with Gasteiger partial charge in [-0.05, 0) is 17.7 Å². The van der Waals surface area contributed by atoms with Crippen LogP contribution in [0.1, 0.15) is 11.5 Å². The number of para-hydroxylation sites is 1. The van der Waals surface area contributed by atoms with Gasteiger partial charge in [-0.25, -0.2) is 4.90 Å². The molecule has 3 nitrogen and oxygen atoms in total. The van der Waals surface area contributed by atoms with Crippen molar-refractivity contribution < 1.29 is 9.59 Å². The second kappa shape index (κ2) is 4.11. The standard InChI is InChI=1S/C15H11NO2/c17-14-13(11-7-3-1-4-8-11)15(18)16(14)12-9-5-2-6-10-12/h1-10,13H. The fourth-order valence-corrected chi connectivity index (χ4v) is 2.17. The van der Waals surface area contributed by atoms with Gasteiger partial charge in [0.25, 0.3) is 11.8 Å². The Morgan fingerprint density at radius 3 is 1.78 bits per heavy atom. The van der Waals surface area contributed by atoms with Gasteiger partial charge in [0.1, 0.15) is 5.92 Å². The van der Waals surface area contributed by atoms with Gasteiger partial charge in [-0.3, -0.25) is 9.59 Å². The van der Waals surface area contributed by atoms with Gasteiger partial charge < -0.3 is 0 Å². The maximum Gasteiger partial charge on any atom is 0.250 e. The molecule has 3 rings (SSSR count). The van der Waals surface area contributed by atoms with Crippen molar-refractivity contribution >= 4 is 17.5 Å². The van der Waals surface area contributed by atoms with Crippen LogP contribution in [0.2, 0.25) is 0 Å². The number of carbonyl (C=O) groups excluding carboxylic acids is 2. The molecule has 0 atom stereocenters. The lowest BCUT2D eigenvalue weighted by Crippen LogP contribution is -2.56. The molecule has 0 radical (unpaired) electrons. The van der Waals surface area contributed by atoms with Crippen molar-refractivity contribution in [3.05, 3.63) is 66.2 Å². The lowest BCUT2D eigenvalue weighted by Gasteiger charge is -2.36. The highest BCUT2D eigenvalue weighted by Crippen LogP contribution is 2.34. The summed E-state index contributed by atoms with van der Waals surface area (Å²) < 4.78 is 0. The Hall–Kier alpha value is -2.42. The molecular weight excluding hydrogens is 226 g/mol. The van der Waals surface area contributed by atoms with E-state index in [9.17, 15) is 9.59 Å². The van der Waals surface area contributed by atoms with Crippen molar-refractivity contribution in [1.82, 2.24) is 0 Å². The predicted octanol–water partition coefficient (Wildman–Crippen LogP) is 2.34. The first-order chi connectivity index (χ1) is 8.79. The molecule has 0 aliphatic carbocycles. The monoisotopic (exact) mass is 237 g/mol. The van der Waals surface area contributed by atoms with E-state index in [0.29, 0.717) is 5.69 Å². The van der Waals surface area contributed by atoms with Gasteiger partial charge in [0.05, 0.1) is 5.69 Å². The molecule has 1 fully saturated rings. The number of amides is 2. The number of β-lactam (4-membered cyclic amide) rings is 2. The van der Waals surface area contributed by atoms with Gasteiger partial charge in [0.2, 0.25) is 0 Å². The Labute approximate surface area is 105 Å². The Morgan fingerprint density at radius 2 is 1.22 bits per heavy atom. The van der Waals surface area contributed by atoms with Crippen LogP contribution >= 0.6 is 0 Å². The largest absolute Gasteiger partial charge is 0.273 e. The molecule has 0 saturated carbocycles. The highest BCUT2D eigenvalue weighted by atomic mass is 16.2. The van der Waals surface area contributed by atoms with E-state index in [1.165, 1.54) is 4.90 Å². The third kappa shape index (κ3) is 1.52. The number of hydrogen-bond donors (Lipinski definition) is 0. The first-order valence-electron chi connectivity index (χ1n) is 5.77. The molecule has 18 heavy (non-hydrogen) atoms. The molecule has 0 unspecified atom stereocenters. The first-order valence-corrected chi connectivity index (χ1v) is 5.77. The fraction of sp³-hybridized carbons (Fsp3) is 0.0667. The van der Waals surface area contributed by atoms with Crippen LogP contribution in [0.25, 0.3) is 0 Å². The van der Waals surface area contributed by atoms with Crippen LogP contribution in [-0.4, -0.2) is 11.8 Å². The topological polar surface area (TPSA) is 37.4 Å². The van der Waals surface area contributed by atoms with Crippen molar-refractivity contribution in [1.29, 1.82) is 0 Å². The van der Waals surface area contributed by atoms with E-state index < -0.39 is 5.92 Å². The summed E-state index contributed by atoms with van der Waals surface area (Å²) in [5.41, 5.74) is 1.40. The summed E-state index contributed by atoms with van der Waals surface area (Å²) in [6.07, 6.45) is 0. The lowest BCUT2D eigenvalue weighted by molar-refractivity contribution is -0.139. The molecular formula is C15H11NO2. The summed E-state index contributed by atoms with van der Waals surface area (Å²) in [5.74, 6) is -0.943. The Balaban J connectivity index is 1.89.